The lowest BCUT2D eigenvalue weighted by Crippen LogP contribution is -2.70. The van der Waals surface area contributed by atoms with E-state index in [0.717, 1.165) is 17.5 Å². The van der Waals surface area contributed by atoms with Gasteiger partial charge in [-0.05, 0) is 48.6 Å². The van der Waals surface area contributed by atoms with Crippen LogP contribution in [0, 0.1) is 0 Å². The van der Waals surface area contributed by atoms with Gasteiger partial charge in [-0.3, -0.25) is 9.69 Å². The average molecular weight is 553 g/mol. The number of nitrogens with zero attached hydrogens (tertiary/aromatic N) is 2. The topological polar surface area (TPSA) is 117 Å². The van der Waals surface area contributed by atoms with Crippen molar-refractivity contribution in [3.63, 3.8) is 0 Å². The van der Waals surface area contributed by atoms with Crippen LogP contribution in [-0.4, -0.2) is 57.5 Å². The minimum atomic E-state index is -1.24. The maximum Gasteiger partial charge on any atom is 0.415 e. The lowest BCUT2D eigenvalue weighted by Gasteiger charge is -2.52. The molecule has 2 aliphatic heterocycles. The molecule has 3 aromatic carbocycles. The molecule has 2 saturated heterocycles. The fraction of sp³-hybridized carbons (Fsp3) is 0.250. The number of likely N-dealkylation sites (tertiary alicyclic amines) is 1. The number of amides is 2. The van der Waals surface area contributed by atoms with Gasteiger partial charge in [-0.2, -0.15) is 0 Å². The van der Waals surface area contributed by atoms with Crippen LogP contribution in [0.15, 0.2) is 100 Å². The Labute approximate surface area is 235 Å². The first-order valence-corrected chi connectivity index (χ1v) is 13.6. The first-order valence-electron chi connectivity index (χ1n) is 13.6. The van der Waals surface area contributed by atoms with Crippen molar-refractivity contribution < 1.29 is 28.6 Å². The van der Waals surface area contributed by atoms with E-state index in [4.69, 9.17) is 9.15 Å². The monoisotopic (exact) mass is 552 g/mol. The van der Waals surface area contributed by atoms with Crippen LogP contribution in [0.5, 0.6) is 5.75 Å². The Morgan fingerprint density at radius 3 is 2.20 bits per heavy atom. The highest BCUT2D eigenvalue weighted by Gasteiger charge is 2.52. The number of fused-ring (bicyclic) bond motifs is 3. The molecule has 0 saturated carbocycles. The van der Waals surface area contributed by atoms with Crippen LogP contribution in [-0.2, 0) is 9.59 Å². The number of carbonyl (C=O) groups excluding carboxylic acids is 2. The summed E-state index contributed by atoms with van der Waals surface area (Å²) in [6.07, 6.45) is 1.06. The number of rotatable bonds is 5. The van der Waals surface area contributed by atoms with Crippen LogP contribution in [0.2, 0.25) is 0 Å². The molecule has 2 aliphatic rings. The van der Waals surface area contributed by atoms with Crippen LogP contribution in [0.1, 0.15) is 36.3 Å². The smallest absolute Gasteiger partial charge is 0.415 e. The molecule has 41 heavy (non-hydrogen) atoms. The van der Waals surface area contributed by atoms with Gasteiger partial charge in [-0.25, -0.2) is 14.4 Å². The van der Waals surface area contributed by atoms with Crippen molar-refractivity contribution in [2.45, 2.75) is 43.3 Å². The molecular formula is C32H28N2O7. The van der Waals surface area contributed by atoms with E-state index < -0.39 is 41.7 Å². The molecule has 2 amide bonds. The highest BCUT2D eigenvalue weighted by atomic mass is 16.6. The summed E-state index contributed by atoms with van der Waals surface area (Å²) >= 11 is 0. The van der Waals surface area contributed by atoms with Gasteiger partial charge in [0.25, 0.3) is 0 Å². The van der Waals surface area contributed by atoms with Crippen molar-refractivity contribution in [3.05, 3.63) is 113 Å². The van der Waals surface area contributed by atoms with E-state index in [0.29, 0.717) is 18.2 Å². The molecule has 1 aromatic heterocycles. The van der Waals surface area contributed by atoms with Crippen LogP contribution in [0.25, 0.3) is 11.0 Å². The molecule has 9 heteroatoms. The second-order valence-corrected chi connectivity index (χ2v) is 10.4. The zero-order valence-corrected chi connectivity index (χ0v) is 22.1. The van der Waals surface area contributed by atoms with Gasteiger partial charge < -0.3 is 19.2 Å². The Morgan fingerprint density at radius 2 is 1.54 bits per heavy atom. The first kappa shape index (κ1) is 26.3. The zero-order valence-electron chi connectivity index (χ0n) is 22.1. The summed E-state index contributed by atoms with van der Waals surface area (Å²) in [4.78, 5) is 55.1. The summed E-state index contributed by atoms with van der Waals surface area (Å²) in [6.45, 7) is 0.0736. The number of carbonyl (C=O) groups is 3. The summed E-state index contributed by atoms with van der Waals surface area (Å²) in [6, 6.07) is 23.9. The molecule has 4 aromatic rings. The lowest BCUT2D eigenvalue weighted by molar-refractivity contribution is -0.161. The Hall–Kier alpha value is -4.92. The Kier molecular flexibility index (Phi) is 7.01. The highest BCUT2D eigenvalue weighted by Crippen LogP contribution is 2.37. The third-order valence-electron chi connectivity index (χ3n) is 7.96. The molecule has 208 valence electrons. The van der Waals surface area contributed by atoms with Gasteiger partial charge in [0.05, 0.1) is 18.0 Å². The lowest BCUT2D eigenvalue weighted by atomic mass is 9.83. The predicted molar refractivity (Wildman–Crippen MR) is 150 cm³/mol. The number of hydrogen-bond donors (Lipinski definition) is 1. The number of aliphatic carboxylic acids is 1. The van der Waals surface area contributed by atoms with Gasteiger partial charge in [0, 0.05) is 24.1 Å². The fourth-order valence-corrected chi connectivity index (χ4v) is 6.15. The summed E-state index contributed by atoms with van der Waals surface area (Å²) in [5, 5.41) is 11.1. The van der Waals surface area contributed by atoms with Crippen molar-refractivity contribution in [2.75, 3.05) is 6.54 Å². The molecule has 2 bridgehead atoms. The van der Waals surface area contributed by atoms with Crippen molar-refractivity contribution in [1.82, 2.24) is 9.80 Å². The van der Waals surface area contributed by atoms with Crippen LogP contribution < -0.4 is 10.4 Å². The molecule has 0 spiro atoms. The van der Waals surface area contributed by atoms with Gasteiger partial charge in [0.1, 0.15) is 17.4 Å². The van der Waals surface area contributed by atoms with E-state index in [1.807, 2.05) is 60.7 Å². The zero-order chi connectivity index (χ0) is 28.5. The van der Waals surface area contributed by atoms with Gasteiger partial charge in [-0.1, -0.05) is 60.7 Å². The van der Waals surface area contributed by atoms with E-state index in [-0.39, 0.29) is 23.8 Å². The Balaban J connectivity index is 1.31. The SMILES string of the molecule is O=C(O)[C@@H]1[C@H]2CCC[C@@H](CN1C(=O)C(c1ccccc1)c1ccccc1)N2C(=O)Oc1ccc2ccc(=O)oc2c1. The number of carboxylic acid groups (broad SMARTS) is 1. The maximum absolute atomic E-state index is 14.3. The van der Waals surface area contributed by atoms with E-state index in [9.17, 15) is 24.3 Å². The molecule has 3 atom stereocenters. The summed E-state index contributed by atoms with van der Waals surface area (Å²) in [5.74, 6) is -2.00. The van der Waals surface area contributed by atoms with E-state index >= 15 is 0 Å². The molecule has 2 fully saturated rings. The van der Waals surface area contributed by atoms with Gasteiger partial charge in [0.15, 0.2) is 0 Å². The molecular weight excluding hydrogens is 524 g/mol. The fourth-order valence-electron chi connectivity index (χ4n) is 6.15. The Bertz CT molecular complexity index is 1610. The predicted octanol–water partition coefficient (Wildman–Crippen LogP) is 4.64. The number of hydrogen-bond acceptors (Lipinski definition) is 6. The average Bonchev–Trinajstić information content (AvgIpc) is 2.97. The van der Waals surface area contributed by atoms with E-state index in [2.05, 4.69) is 0 Å². The third kappa shape index (κ3) is 5.06. The normalized spacial score (nSPS) is 20.2. The van der Waals surface area contributed by atoms with Gasteiger partial charge >= 0.3 is 17.7 Å². The number of carboxylic acids is 1. The maximum atomic E-state index is 14.3. The molecule has 0 radical (unpaired) electrons. The quantitative estimate of drug-likeness (QED) is 0.359. The molecule has 9 nitrogen and oxygen atoms in total. The van der Waals surface area contributed by atoms with Crippen LogP contribution in [0.4, 0.5) is 4.79 Å². The van der Waals surface area contributed by atoms with Crippen molar-refractivity contribution in [2.24, 2.45) is 0 Å². The summed E-state index contributed by atoms with van der Waals surface area (Å²) in [7, 11) is 0. The summed E-state index contributed by atoms with van der Waals surface area (Å²) < 4.78 is 10.9. The van der Waals surface area contributed by atoms with E-state index in [1.165, 1.54) is 21.9 Å². The molecule has 1 N–H and O–H groups in total. The number of ether oxygens (including phenoxy) is 1. The van der Waals surface area contributed by atoms with Gasteiger partial charge in [-0.15, -0.1) is 0 Å². The Morgan fingerprint density at radius 1 is 0.878 bits per heavy atom. The number of piperidine rings is 1. The van der Waals surface area contributed by atoms with E-state index in [1.54, 1.807) is 18.2 Å². The molecule has 6 rings (SSSR count). The summed E-state index contributed by atoms with van der Waals surface area (Å²) in [5.41, 5.74) is 1.28. The first-order chi connectivity index (χ1) is 19.9. The minimum Gasteiger partial charge on any atom is -0.480 e. The second-order valence-electron chi connectivity index (χ2n) is 10.4. The largest absolute Gasteiger partial charge is 0.480 e. The molecule has 0 aliphatic carbocycles. The van der Waals surface area contributed by atoms with Crippen LogP contribution in [0.3, 0.4) is 0 Å². The standard InChI is InChI=1S/C32H28N2O7/c35-27-17-15-20-14-16-24(18-26(20)41-27)40-32(39)34-23-12-7-13-25(34)29(31(37)38)33(19-23)30(36)28(21-8-3-1-4-9-21)22-10-5-2-6-11-22/h1-6,8-11,14-18,23,25,28-29H,7,12-13,19H2,(H,37,38)/t23-,25+,29-/m0/s1. The second kappa shape index (κ2) is 10.9. The number of benzene rings is 3. The van der Waals surface area contributed by atoms with Crippen LogP contribution >= 0.6 is 0 Å². The number of piperazine rings is 1. The minimum absolute atomic E-state index is 0.0736. The van der Waals surface area contributed by atoms with Crippen molar-refractivity contribution in [3.8, 4) is 5.75 Å². The van der Waals surface area contributed by atoms with Gasteiger partial charge in [0.2, 0.25) is 5.91 Å². The van der Waals surface area contributed by atoms with Crippen molar-refractivity contribution >= 4 is 28.9 Å². The molecule has 3 heterocycles. The third-order valence-corrected chi connectivity index (χ3v) is 7.96. The molecule has 0 unspecified atom stereocenters. The van der Waals surface area contributed by atoms with Crippen molar-refractivity contribution in [1.29, 1.82) is 0 Å². The highest BCUT2D eigenvalue weighted by molar-refractivity contribution is 5.92.